The van der Waals surface area contributed by atoms with Gasteiger partial charge in [-0.1, -0.05) is 48.8 Å². The Morgan fingerprint density at radius 1 is 1.24 bits per heavy atom. The van der Waals surface area contributed by atoms with Crippen molar-refractivity contribution >= 4 is 27.3 Å². The number of aryl methyl sites for hydroxylation is 1. The molecule has 0 unspecified atom stereocenters. The van der Waals surface area contributed by atoms with E-state index in [1.165, 1.54) is 11.1 Å². The molecule has 0 saturated heterocycles. The second kappa shape index (κ2) is 4.54. The zero-order valence-electron chi connectivity index (χ0n) is 10.5. The van der Waals surface area contributed by atoms with Gasteiger partial charge in [0.15, 0.2) is 0 Å². The van der Waals surface area contributed by atoms with Crippen LogP contribution in [0.25, 0.3) is 10.6 Å². The van der Waals surface area contributed by atoms with Gasteiger partial charge >= 0.3 is 0 Å². The minimum atomic E-state index is 0.122. The molecule has 0 radical (unpaired) electrons. The van der Waals surface area contributed by atoms with Gasteiger partial charge in [-0.25, -0.2) is 4.98 Å². The van der Waals surface area contributed by atoms with Gasteiger partial charge in [0.1, 0.15) is 5.01 Å². The van der Waals surface area contributed by atoms with E-state index in [9.17, 15) is 0 Å². The van der Waals surface area contributed by atoms with Crippen molar-refractivity contribution < 1.29 is 0 Å². The van der Waals surface area contributed by atoms with E-state index in [0.717, 1.165) is 15.2 Å². The van der Waals surface area contributed by atoms with Gasteiger partial charge in [0.2, 0.25) is 0 Å². The van der Waals surface area contributed by atoms with Crippen LogP contribution in [-0.2, 0) is 5.41 Å². The Balaban J connectivity index is 2.40. The minimum Gasteiger partial charge on any atom is -0.241 e. The lowest BCUT2D eigenvalue weighted by Crippen LogP contribution is -2.11. The highest BCUT2D eigenvalue weighted by molar-refractivity contribution is 9.10. The Hall–Kier alpha value is -0.670. The molecule has 1 nitrogen and oxygen atoms in total. The van der Waals surface area contributed by atoms with E-state index in [1.54, 1.807) is 11.3 Å². The summed E-state index contributed by atoms with van der Waals surface area (Å²) in [4.78, 5) is 4.72. The smallest absolute Gasteiger partial charge is 0.123 e. The van der Waals surface area contributed by atoms with Gasteiger partial charge in [-0.2, -0.15) is 0 Å². The number of halogens is 1. The van der Waals surface area contributed by atoms with E-state index in [0.29, 0.717) is 0 Å². The average molecular weight is 310 g/mol. The van der Waals surface area contributed by atoms with Crippen LogP contribution in [0.15, 0.2) is 28.1 Å². The van der Waals surface area contributed by atoms with Gasteiger partial charge in [-0.3, -0.25) is 0 Å². The quantitative estimate of drug-likeness (QED) is 0.707. The molecule has 90 valence electrons. The molecule has 0 spiro atoms. The van der Waals surface area contributed by atoms with Crippen LogP contribution in [0.5, 0.6) is 0 Å². The maximum Gasteiger partial charge on any atom is 0.123 e. The lowest BCUT2D eigenvalue weighted by atomic mass is 9.93. The van der Waals surface area contributed by atoms with Crippen molar-refractivity contribution in [2.45, 2.75) is 33.1 Å². The van der Waals surface area contributed by atoms with Crippen molar-refractivity contribution in [1.82, 2.24) is 4.98 Å². The van der Waals surface area contributed by atoms with Crippen LogP contribution in [0.1, 0.15) is 32.0 Å². The molecule has 0 saturated carbocycles. The molecule has 1 aromatic heterocycles. The van der Waals surface area contributed by atoms with Crippen LogP contribution in [0.2, 0.25) is 0 Å². The van der Waals surface area contributed by atoms with Crippen LogP contribution in [0.3, 0.4) is 0 Å². The molecular weight excluding hydrogens is 294 g/mol. The van der Waals surface area contributed by atoms with E-state index < -0.39 is 0 Å². The molecule has 0 aliphatic rings. The molecule has 1 aromatic carbocycles. The average Bonchev–Trinajstić information content (AvgIpc) is 2.70. The number of benzene rings is 1. The first-order valence-electron chi connectivity index (χ1n) is 5.60. The normalized spacial score (nSPS) is 11.8. The van der Waals surface area contributed by atoms with Crippen molar-refractivity contribution in [3.8, 4) is 10.6 Å². The molecular formula is C14H16BrNS. The molecule has 0 N–H and O–H groups in total. The number of aromatic nitrogens is 1. The maximum atomic E-state index is 4.72. The molecule has 0 bridgehead atoms. The summed E-state index contributed by atoms with van der Waals surface area (Å²) in [5.41, 5.74) is 3.72. The van der Waals surface area contributed by atoms with Crippen molar-refractivity contribution in [3.63, 3.8) is 0 Å². The summed E-state index contributed by atoms with van der Waals surface area (Å²) >= 11 is 5.28. The number of nitrogens with zero attached hydrogens (tertiary/aromatic N) is 1. The highest BCUT2D eigenvalue weighted by Crippen LogP contribution is 2.31. The molecule has 0 aliphatic heterocycles. The molecule has 0 fully saturated rings. The molecule has 17 heavy (non-hydrogen) atoms. The number of thiazole rings is 1. The molecule has 0 aliphatic carbocycles. The molecule has 2 rings (SSSR count). The molecule has 0 atom stereocenters. The first kappa shape index (κ1) is 12.8. The summed E-state index contributed by atoms with van der Waals surface area (Å²) < 4.78 is 1.14. The summed E-state index contributed by atoms with van der Waals surface area (Å²) in [6, 6.07) is 6.39. The highest BCUT2D eigenvalue weighted by Gasteiger charge is 2.17. The van der Waals surface area contributed by atoms with Gasteiger partial charge in [0.25, 0.3) is 0 Å². The number of rotatable bonds is 1. The van der Waals surface area contributed by atoms with E-state index in [2.05, 4.69) is 67.2 Å². The summed E-state index contributed by atoms with van der Waals surface area (Å²) in [7, 11) is 0. The molecule has 0 amide bonds. The summed E-state index contributed by atoms with van der Waals surface area (Å²) in [6.45, 7) is 8.67. The SMILES string of the molecule is Cc1ccc(-c2nc(C(C)(C)C)cs2)cc1Br. The predicted octanol–water partition coefficient (Wildman–Crippen LogP) is 5.18. The zero-order chi connectivity index (χ0) is 12.6. The van der Waals surface area contributed by atoms with Gasteiger partial charge < -0.3 is 0 Å². The Bertz CT molecular complexity index is 537. The Morgan fingerprint density at radius 3 is 2.47 bits per heavy atom. The van der Waals surface area contributed by atoms with Crippen LogP contribution >= 0.6 is 27.3 Å². The van der Waals surface area contributed by atoms with Crippen LogP contribution in [0.4, 0.5) is 0 Å². The minimum absolute atomic E-state index is 0.122. The van der Waals surface area contributed by atoms with Gasteiger partial charge in [-0.05, 0) is 18.6 Å². The third-order valence-corrected chi connectivity index (χ3v) is 4.44. The largest absolute Gasteiger partial charge is 0.241 e. The van der Waals surface area contributed by atoms with Crippen molar-refractivity contribution in [1.29, 1.82) is 0 Å². The van der Waals surface area contributed by atoms with E-state index in [4.69, 9.17) is 4.98 Å². The lowest BCUT2D eigenvalue weighted by Gasteiger charge is -2.14. The first-order valence-corrected chi connectivity index (χ1v) is 7.28. The first-order chi connectivity index (χ1) is 7.88. The summed E-state index contributed by atoms with van der Waals surface area (Å²) in [5, 5.41) is 3.25. The monoisotopic (exact) mass is 309 g/mol. The lowest BCUT2D eigenvalue weighted by molar-refractivity contribution is 0.573. The number of hydrogen-bond donors (Lipinski definition) is 0. The van der Waals surface area contributed by atoms with Crippen molar-refractivity contribution in [3.05, 3.63) is 39.3 Å². The van der Waals surface area contributed by atoms with E-state index >= 15 is 0 Å². The third-order valence-electron chi connectivity index (χ3n) is 2.69. The molecule has 2 aromatic rings. The summed E-state index contributed by atoms with van der Waals surface area (Å²) in [6.07, 6.45) is 0. The molecule has 3 heteroatoms. The highest BCUT2D eigenvalue weighted by atomic mass is 79.9. The van der Waals surface area contributed by atoms with Gasteiger partial charge in [0, 0.05) is 20.8 Å². The Labute approximate surface area is 115 Å². The number of hydrogen-bond acceptors (Lipinski definition) is 2. The van der Waals surface area contributed by atoms with Crippen LogP contribution in [-0.4, -0.2) is 4.98 Å². The maximum absolute atomic E-state index is 4.72. The van der Waals surface area contributed by atoms with Crippen LogP contribution < -0.4 is 0 Å². The van der Waals surface area contributed by atoms with Gasteiger partial charge in [-0.15, -0.1) is 11.3 Å². The zero-order valence-corrected chi connectivity index (χ0v) is 12.9. The van der Waals surface area contributed by atoms with Crippen molar-refractivity contribution in [2.75, 3.05) is 0 Å². The second-order valence-electron chi connectivity index (χ2n) is 5.25. The standard InChI is InChI=1S/C14H16BrNS/c1-9-5-6-10(7-11(9)15)13-16-12(8-17-13)14(2,3)4/h5-8H,1-4H3. The van der Waals surface area contributed by atoms with E-state index in [-0.39, 0.29) is 5.41 Å². The second-order valence-corrected chi connectivity index (χ2v) is 6.96. The fraction of sp³-hybridized carbons (Fsp3) is 0.357. The fourth-order valence-electron chi connectivity index (χ4n) is 1.48. The Morgan fingerprint density at radius 2 is 1.94 bits per heavy atom. The third kappa shape index (κ3) is 2.78. The van der Waals surface area contributed by atoms with Crippen molar-refractivity contribution in [2.24, 2.45) is 0 Å². The van der Waals surface area contributed by atoms with Crippen LogP contribution in [0, 0.1) is 6.92 Å². The van der Waals surface area contributed by atoms with Gasteiger partial charge in [0.05, 0.1) is 5.69 Å². The van der Waals surface area contributed by atoms with E-state index in [1.807, 2.05) is 0 Å². The predicted molar refractivity (Wildman–Crippen MR) is 78.7 cm³/mol. The fourth-order valence-corrected chi connectivity index (χ4v) is 2.90. The topological polar surface area (TPSA) is 12.9 Å². The molecule has 1 heterocycles. The summed E-state index contributed by atoms with van der Waals surface area (Å²) in [5.74, 6) is 0. The Kier molecular flexibility index (Phi) is 3.41.